The Balaban J connectivity index is 1.37. The molecular formula is C24H29FN6O2S. The van der Waals surface area contributed by atoms with Gasteiger partial charge >= 0.3 is 0 Å². The zero-order valence-corrected chi connectivity index (χ0v) is 20.5. The second kappa shape index (κ2) is 11.3. The van der Waals surface area contributed by atoms with Crippen molar-refractivity contribution in [2.45, 2.75) is 18.4 Å². The van der Waals surface area contributed by atoms with Gasteiger partial charge in [-0.3, -0.25) is 9.21 Å². The van der Waals surface area contributed by atoms with Crippen LogP contribution in [-0.2, 0) is 6.54 Å². The van der Waals surface area contributed by atoms with Crippen LogP contribution in [0.5, 0.6) is 11.5 Å². The number of hydrogen-bond acceptors (Lipinski definition) is 9. The topological polar surface area (TPSA) is 66.9 Å². The molecular weight excluding hydrogens is 455 g/mol. The van der Waals surface area contributed by atoms with Crippen molar-refractivity contribution in [3.05, 3.63) is 60.2 Å². The van der Waals surface area contributed by atoms with Crippen LogP contribution in [0.2, 0.25) is 0 Å². The van der Waals surface area contributed by atoms with Crippen molar-refractivity contribution >= 4 is 23.8 Å². The van der Waals surface area contributed by atoms with E-state index in [-0.39, 0.29) is 5.82 Å². The zero-order valence-electron chi connectivity index (χ0n) is 19.6. The Morgan fingerprint density at radius 2 is 1.79 bits per heavy atom. The van der Waals surface area contributed by atoms with Crippen molar-refractivity contribution < 1.29 is 13.9 Å². The number of nitrogens with zero attached hydrogens (tertiary/aromatic N) is 6. The molecule has 0 atom stereocenters. The summed E-state index contributed by atoms with van der Waals surface area (Å²) < 4.78 is 26.3. The monoisotopic (exact) mass is 484 g/mol. The molecule has 2 aromatic carbocycles. The minimum atomic E-state index is -0.261. The summed E-state index contributed by atoms with van der Waals surface area (Å²) in [6.07, 6.45) is 1.54. The summed E-state index contributed by atoms with van der Waals surface area (Å²) in [4.78, 5) is 18.8. The molecule has 0 radical (unpaired) electrons. The number of ether oxygens (including phenoxy) is 2. The minimum Gasteiger partial charge on any atom is -0.493 e. The first-order chi connectivity index (χ1) is 16.6. The molecule has 1 aromatic heterocycles. The summed E-state index contributed by atoms with van der Waals surface area (Å²) in [5.41, 5.74) is 1.18. The molecule has 0 spiro atoms. The Morgan fingerprint density at radius 3 is 2.50 bits per heavy atom. The van der Waals surface area contributed by atoms with Gasteiger partial charge in [0.15, 0.2) is 11.5 Å². The van der Waals surface area contributed by atoms with Crippen LogP contribution in [0.3, 0.4) is 0 Å². The zero-order chi connectivity index (χ0) is 23.9. The largest absolute Gasteiger partial charge is 0.493 e. The molecule has 34 heavy (non-hydrogen) atoms. The molecule has 4 rings (SSSR count). The molecule has 10 heteroatoms. The summed E-state index contributed by atoms with van der Waals surface area (Å²) in [5, 5.41) is 0. The Morgan fingerprint density at radius 1 is 1.00 bits per heavy atom. The first-order valence-electron chi connectivity index (χ1n) is 11.2. The molecule has 0 bridgehead atoms. The maximum absolute atomic E-state index is 13.6. The summed E-state index contributed by atoms with van der Waals surface area (Å²) in [5.74, 6) is 2.44. The fraction of sp³-hybridized carbons (Fsp3) is 0.375. The van der Waals surface area contributed by atoms with Gasteiger partial charge in [0.05, 0.1) is 14.2 Å². The van der Waals surface area contributed by atoms with Crippen molar-refractivity contribution in [1.29, 1.82) is 0 Å². The van der Waals surface area contributed by atoms with Crippen LogP contribution in [0.25, 0.3) is 0 Å². The van der Waals surface area contributed by atoms with Crippen LogP contribution in [0, 0.1) is 5.82 Å². The average molecular weight is 485 g/mol. The van der Waals surface area contributed by atoms with E-state index in [1.54, 1.807) is 26.6 Å². The third-order valence-electron chi connectivity index (χ3n) is 5.58. The third kappa shape index (κ3) is 5.87. The van der Waals surface area contributed by atoms with Gasteiger partial charge in [0.1, 0.15) is 12.1 Å². The summed E-state index contributed by atoms with van der Waals surface area (Å²) in [6, 6.07) is 12.6. The minimum absolute atomic E-state index is 0.261. The molecule has 0 aliphatic carbocycles. The number of hydrogen-bond donors (Lipinski definition) is 0. The molecule has 3 aromatic rings. The predicted molar refractivity (Wildman–Crippen MR) is 132 cm³/mol. The third-order valence-corrected chi connectivity index (χ3v) is 6.68. The van der Waals surface area contributed by atoms with Crippen molar-refractivity contribution in [2.75, 3.05) is 56.1 Å². The highest BCUT2D eigenvalue weighted by Crippen LogP contribution is 2.29. The molecule has 0 amide bonds. The lowest BCUT2D eigenvalue weighted by Gasteiger charge is -2.35. The smallest absolute Gasteiger partial charge is 0.240 e. The number of methoxy groups -OCH3 is 2. The van der Waals surface area contributed by atoms with Crippen LogP contribution in [0.15, 0.2) is 53.7 Å². The number of aromatic nitrogens is 3. The van der Waals surface area contributed by atoms with Crippen LogP contribution in [0.4, 0.5) is 16.3 Å². The molecule has 1 saturated heterocycles. The molecule has 180 valence electrons. The van der Waals surface area contributed by atoms with Crippen LogP contribution < -0.4 is 18.7 Å². The van der Waals surface area contributed by atoms with Crippen molar-refractivity contribution in [3.63, 3.8) is 0 Å². The molecule has 1 aliphatic heterocycles. The fourth-order valence-electron chi connectivity index (χ4n) is 3.79. The SMILES string of the molecule is CCN(Sc1cccc(F)c1)c1ncnc(N2CCN(Cc3ccc(OC)c(OC)c3)CC2)n1. The second-order valence-electron chi connectivity index (χ2n) is 7.78. The lowest BCUT2D eigenvalue weighted by Crippen LogP contribution is -2.46. The Kier molecular flexibility index (Phi) is 8.02. The molecule has 2 heterocycles. The van der Waals surface area contributed by atoms with Crippen molar-refractivity contribution in [3.8, 4) is 11.5 Å². The average Bonchev–Trinajstić information content (AvgIpc) is 2.87. The van der Waals surface area contributed by atoms with Gasteiger partial charge in [-0.05, 0) is 54.8 Å². The van der Waals surface area contributed by atoms with E-state index < -0.39 is 0 Å². The molecule has 8 nitrogen and oxygen atoms in total. The highest BCUT2D eigenvalue weighted by Gasteiger charge is 2.21. The quantitative estimate of drug-likeness (QED) is 0.421. The van der Waals surface area contributed by atoms with Crippen LogP contribution in [-0.4, -0.2) is 66.8 Å². The Bertz CT molecular complexity index is 1100. The number of rotatable bonds is 9. The van der Waals surface area contributed by atoms with Gasteiger partial charge < -0.3 is 14.4 Å². The summed E-state index contributed by atoms with van der Waals surface area (Å²) in [7, 11) is 3.29. The van der Waals surface area contributed by atoms with E-state index in [1.807, 2.05) is 29.4 Å². The second-order valence-corrected chi connectivity index (χ2v) is 8.88. The molecule has 0 saturated carbocycles. The van der Waals surface area contributed by atoms with E-state index in [0.29, 0.717) is 18.4 Å². The fourth-order valence-corrected chi connectivity index (χ4v) is 4.65. The van der Waals surface area contributed by atoms with E-state index in [4.69, 9.17) is 14.5 Å². The van der Waals surface area contributed by atoms with E-state index in [2.05, 4.69) is 25.8 Å². The standard InChI is InChI=1S/C24H29FN6O2S/c1-4-31(34-20-7-5-6-19(25)15-20)24-27-17-26-23(28-24)30-12-10-29(11-13-30)16-18-8-9-21(32-2)22(14-18)33-3/h5-9,14-15,17H,4,10-13,16H2,1-3H3. The summed E-state index contributed by atoms with van der Waals surface area (Å²) in [6.45, 7) is 6.95. The first kappa shape index (κ1) is 24.0. The first-order valence-corrected chi connectivity index (χ1v) is 11.9. The van der Waals surface area contributed by atoms with Gasteiger partial charge in [0, 0.05) is 44.2 Å². The number of piperazine rings is 1. The van der Waals surface area contributed by atoms with Gasteiger partial charge in [-0.1, -0.05) is 12.1 Å². The van der Waals surface area contributed by atoms with E-state index in [1.165, 1.54) is 29.6 Å². The predicted octanol–water partition coefficient (Wildman–Crippen LogP) is 3.88. The van der Waals surface area contributed by atoms with Crippen molar-refractivity contribution in [1.82, 2.24) is 19.9 Å². The highest BCUT2D eigenvalue weighted by molar-refractivity contribution is 8.00. The lowest BCUT2D eigenvalue weighted by atomic mass is 10.1. The maximum Gasteiger partial charge on any atom is 0.240 e. The Hall–Kier alpha value is -3.11. The molecule has 1 aliphatic rings. The molecule has 0 unspecified atom stereocenters. The van der Waals surface area contributed by atoms with Gasteiger partial charge in [-0.25, -0.2) is 14.4 Å². The van der Waals surface area contributed by atoms with Gasteiger partial charge in [0.25, 0.3) is 0 Å². The van der Waals surface area contributed by atoms with E-state index in [9.17, 15) is 4.39 Å². The van der Waals surface area contributed by atoms with Gasteiger partial charge in [-0.2, -0.15) is 4.98 Å². The van der Waals surface area contributed by atoms with Gasteiger partial charge in [0.2, 0.25) is 11.9 Å². The normalized spacial score (nSPS) is 14.2. The highest BCUT2D eigenvalue weighted by atomic mass is 32.2. The molecule has 1 fully saturated rings. The maximum atomic E-state index is 13.6. The van der Waals surface area contributed by atoms with Gasteiger partial charge in [-0.15, -0.1) is 0 Å². The summed E-state index contributed by atoms with van der Waals surface area (Å²) >= 11 is 1.41. The van der Waals surface area contributed by atoms with Crippen LogP contribution >= 0.6 is 11.9 Å². The van der Waals surface area contributed by atoms with E-state index in [0.717, 1.165) is 49.1 Å². The molecule has 0 N–H and O–H groups in total. The Labute approximate surface area is 203 Å². The van der Waals surface area contributed by atoms with Crippen LogP contribution in [0.1, 0.15) is 12.5 Å². The lowest BCUT2D eigenvalue weighted by molar-refractivity contribution is 0.248. The van der Waals surface area contributed by atoms with Crippen molar-refractivity contribution in [2.24, 2.45) is 0 Å². The van der Waals surface area contributed by atoms with E-state index >= 15 is 0 Å². The number of halogens is 1. The number of benzene rings is 2. The number of anilines is 2.